The minimum Gasteiger partial charge on any atom is -0.480 e. The van der Waals surface area contributed by atoms with Crippen molar-refractivity contribution in [3.05, 3.63) is 36.9 Å². The second-order valence-electron chi connectivity index (χ2n) is 3.77. The van der Waals surface area contributed by atoms with Crippen LogP contribution in [0.5, 0.6) is 0 Å². The fourth-order valence-corrected chi connectivity index (χ4v) is 1.49. The Morgan fingerprint density at radius 2 is 2.11 bits per heavy atom. The maximum atomic E-state index is 10.5. The highest BCUT2D eigenvalue weighted by Crippen LogP contribution is 2.21. The first-order valence-corrected chi connectivity index (χ1v) is 5.58. The van der Waals surface area contributed by atoms with E-state index in [0.717, 1.165) is 5.69 Å². The number of rotatable bonds is 5. The quantitative estimate of drug-likeness (QED) is 0.831. The van der Waals surface area contributed by atoms with Gasteiger partial charge in [-0.3, -0.25) is 9.78 Å². The Morgan fingerprint density at radius 3 is 2.79 bits per heavy atom. The molecule has 0 unspecified atom stereocenters. The van der Waals surface area contributed by atoms with Crippen LogP contribution in [0.4, 0.5) is 17.3 Å². The average molecular weight is 259 g/mol. The van der Waals surface area contributed by atoms with E-state index in [1.807, 2.05) is 24.1 Å². The summed E-state index contributed by atoms with van der Waals surface area (Å²) in [7, 11) is 1.86. The second kappa shape index (κ2) is 5.76. The Morgan fingerprint density at radius 1 is 1.37 bits per heavy atom. The van der Waals surface area contributed by atoms with Crippen LogP contribution in [0.1, 0.15) is 0 Å². The maximum Gasteiger partial charge on any atom is 0.322 e. The first-order valence-electron chi connectivity index (χ1n) is 5.58. The molecule has 0 fully saturated rings. The molecule has 0 amide bonds. The molecule has 2 N–H and O–H groups in total. The zero-order valence-corrected chi connectivity index (χ0v) is 10.3. The largest absolute Gasteiger partial charge is 0.480 e. The van der Waals surface area contributed by atoms with Crippen molar-refractivity contribution < 1.29 is 9.90 Å². The number of anilines is 3. The second-order valence-corrected chi connectivity index (χ2v) is 3.77. The van der Waals surface area contributed by atoms with Crippen molar-refractivity contribution >= 4 is 23.3 Å². The molecule has 0 aliphatic carbocycles. The SMILES string of the molecule is CN(c1ccncc1)c1cc(NCC(=O)O)ncn1. The molecule has 2 rings (SSSR count). The van der Waals surface area contributed by atoms with Gasteiger partial charge in [-0.15, -0.1) is 0 Å². The molecule has 0 atom stereocenters. The van der Waals surface area contributed by atoms with Crippen LogP contribution >= 0.6 is 0 Å². The maximum absolute atomic E-state index is 10.5. The summed E-state index contributed by atoms with van der Waals surface area (Å²) >= 11 is 0. The summed E-state index contributed by atoms with van der Waals surface area (Å²) in [5.41, 5.74) is 0.929. The topological polar surface area (TPSA) is 91.2 Å². The van der Waals surface area contributed by atoms with Crippen LogP contribution < -0.4 is 10.2 Å². The Labute approximate surface area is 110 Å². The third-order valence-electron chi connectivity index (χ3n) is 2.47. The van der Waals surface area contributed by atoms with E-state index in [4.69, 9.17) is 5.11 Å². The number of carboxylic acid groups (broad SMARTS) is 1. The molecule has 19 heavy (non-hydrogen) atoms. The van der Waals surface area contributed by atoms with Gasteiger partial charge in [-0.25, -0.2) is 9.97 Å². The first kappa shape index (κ1) is 12.7. The third-order valence-corrected chi connectivity index (χ3v) is 2.47. The van der Waals surface area contributed by atoms with Gasteiger partial charge < -0.3 is 15.3 Å². The lowest BCUT2D eigenvalue weighted by atomic mass is 10.3. The molecular formula is C12H13N5O2. The molecule has 0 saturated heterocycles. The molecule has 2 heterocycles. The lowest BCUT2D eigenvalue weighted by molar-refractivity contribution is -0.134. The predicted molar refractivity (Wildman–Crippen MR) is 70.5 cm³/mol. The van der Waals surface area contributed by atoms with Gasteiger partial charge in [0, 0.05) is 31.2 Å². The number of carbonyl (C=O) groups is 1. The lowest BCUT2D eigenvalue weighted by Crippen LogP contribution is -2.15. The van der Waals surface area contributed by atoms with Crippen LogP contribution in [0, 0.1) is 0 Å². The van der Waals surface area contributed by atoms with Crippen molar-refractivity contribution in [3.63, 3.8) is 0 Å². The predicted octanol–water partition coefficient (Wildman–Crippen LogP) is 1.14. The number of aliphatic carboxylic acids is 1. The molecule has 0 aliphatic rings. The Balaban J connectivity index is 2.16. The Hall–Kier alpha value is -2.70. The Kier molecular flexibility index (Phi) is 3.87. The van der Waals surface area contributed by atoms with Crippen LogP contribution in [-0.2, 0) is 4.79 Å². The third kappa shape index (κ3) is 3.38. The molecule has 2 aromatic rings. The number of nitrogens with zero attached hydrogens (tertiary/aromatic N) is 4. The highest BCUT2D eigenvalue weighted by molar-refractivity contribution is 5.72. The smallest absolute Gasteiger partial charge is 0.322 e. The van der Waals surface area contributed by atoms with Crippen LogP contribution in [0.2, 0.25) is 0 Å². The van der Waals surface area contributed by atoms with Crippen molar-refractivity contribution in [3.8, 4) is 0 Å². The first-order chi connectivity index (χ1) is 9.16. The zero-order valence-electron chi connectivity index (χ0n) is 10.3. The van der Waals surface area contributed by atoms with Gasteiger partial charge in [0.15, 0.2) is 0 Å². The van der Waals surface area contributed by atoms with E-state index >= 15 is 0 Å². The molecule has 0 spiro atoms. The molecule has 7 heteroatoms. The van der Waals surface area contributed by atoms with E-state index in [0.29, 0.717) is 11.6 Å². The van der Waals surface area contributed by atoms with Gasteiger partial charge >= 0.3 is 5.97 Å². The molecular weight excluding hydrogens is 246 g/mol. The van der Waals surface area contributed by atoms with Crippen molar-refractivity contribution in [1.29, 1.82) is 0 Å². The van der Waals surface area contributed by atoms with Crippen molar-refractivity contribution in [2.45, 2.75) is 0 Å². The zero-order chi connectivity index (χ0) is 13.7. The fraction of sp³-hybridized carbons (Fsp3) is 0.167. The van der Waals surface area contributed by atoms with E-state index in [2.05, 4.69) is 20.3 Å². The standard InChI is InChI=1S/C12H13N5O2/c1-17(9-2-4-13-5-3-9)11-6-10(15-8-16-11)14-7-12(18)19/h2-6,8H,7H2,1H3,(H,18,19)(H,14,15,16). The van der Waals surface area contributed by atoms with Gasteiger partial charge in [-0.1, -0.05) is 0 Å². The number of hydrogen-bond donors (Lipinski definition) is 2. The molecule has 0 saturated carbocycles. The summed E-state index contributed by atoms with van der Waals surface area (Å²) in [5, 5.41) is 11.3. The Bertz CT molecular complexity index is 561. The van der Waals surface area contributed by atoms with Crippen molar-refractivity contribution in [1.82, 2.24) is 15.0 Å². The highest BCUT2D eigenvalue weighted by Gasteiger charge is 2.07. The van der Waals surface area contributed by atoms with Crippen molar-refractivity contribution in [2.75, 3.05) is 23.8 Å². The number of carboxylic acids is 1. The monoisotopic (exact) mass is 259 g/mol. The van der Waals surface area contributed by atoms with E-state index in [-0.39, 0.29) is 6.54 Å². The summed E-state index contributed by atoms with van der Waals surface area (Å²) in [6.07, 6.45) is 4.77. The normalized spacial score (nSPS) is 9.95. The van der Waals surface area contributed by atoms with Gasteiger partial charge in [0.25, 0.3) is 0 Å². The summed E-state index contributed by atoms with van der Waals surface area (Å²) in [5.74, 6) is 0.185. The van der Waals surface area contributed by atoms with Crippen LogP contribution in [-0.4, -0.2) is 39.6 Å². The van der Waals surface area contributed by atoms with E-state index < -0.39 is 5.97 Å². The summed E-state index contributed by atoms with van der Waals surface area (Å²) < 4.78 is 0. The fourth-order valence-electron chi connectivity index (χ4n) is 1.49. The molecule has 7 nitrogen and oxygen atoms in total. The highest BCUT2D eigenvalue weighted by atomic mass is 16.4. The summed E-state index contributed by atoms with van der Waals surface area (Å²) in [6.45, 7) is -0.185. The minimum absolute atomic E-state index is 0.185. The van der Waals surface area contributed by atoms with E-state index in [1.54, 1.807) is 18.5 Å². The average Bonchev–Trinajstić information content (AvgIpc) is 2.45. The van der Waals surface area contributed by atoms with Gasteiger partial charge in [0.2, 0.25) is 0 Å². The molecule has 0 aromatic carbocycles. The van der Waals surface area contributed by atoms with E-state index in [9.17, 15) is 4.79 Å². The van der Waals surface area contributed by atoms with Crippen LogP contribution in [0.25, 0.3) is 0 Å². The van der Waals surface area contributed by atoms with Crippen LogP contribution in [0.3, 0.4) is 0 Å². The molecule has 98 valence electrons. The van der Waals surface area contributed by atoms with Gasteiger partial charge in [-0.05, 0) is 12.1 Å². The van der Waals surface area contributed by atoms with Crippen LogP contribution in [0.15, 0.2) is 36.9 Å². The number of pyridine rings is 1. The number of nitrogens with one attached hydrogen (secondary N) is 1. The molecule has 0 aliphatic heterocycles. The van der Waals surface area contributed by atoms with E-state index in [1.165, 1.54) is 6.33 Å². The molecule has 2 aromatic heterocycles. The number of hydrogen-bond acceptors (Lipinski definition) is 6. The summed E-state index contributed by atoms with van der Waals surface area (Å²) in [6, 6.07) is 5.39. The van der Waals surface area contributed by atoms with Crippen molar-refractivity contribution in [2.24, 2.45) is 0 Å². The van der Waals surface area contributed by atoms with Gasteiger partial charge in [0.05, 0.1) is 0 Å². The minimum atomic E-state index is -0.942. The number of aromatic nitrogens is 3. The summed E-state index contributed by atoms with van der Waals surface area (Å²) in [4.78, 5) is 24.4. The van der Waals surface area contributed by atoms with Gasteiger partial charge in [-0.2, -0.15) is 0 Å². The van der Waals surface area contributed by atoms with Gasteiger partial charge in [0.1, 0.15) is 24.5 Å². The molecule has 0 radical (unpaired) electrons. The lowest BCUT2D eigenvalue weighted by Gasteiger charge is -2.18. The molecule has 0 bridgehead atoms.